The molecular formula is C12H13FN2OS. The number of nitrogens with zero attached hydrogens (tertiary/aromatic N) is 2. The maximum Gasteiger partial charge on any atom is 0.123 e. The van der Waals surface area contributed by atoms with Crippen molar-refractivity contribution in [1.29, 1.82) is 0 Å². The van der Waals surface area contributed by atoms with E-state index < -0.39 is 6.10 Å². The molecule has 2 rings (SSSR count). The molecule has 0 bridgehead atoms. The maximum atomic E-state index is 12.9. The lowest BCUT2D eigenvalue weighted by Crippen LogP contribution is -2.03. The first kappa shape index (κ1) is 12.1. The molecule has 5 heteroatoms. The molecule has 1 aromatic heterocycles. The van der Waals surface area contributed by atoms with Gasteiger partial charge >= 0.3 is 0 Å². The van der Waals surface area contributed by atoms with Crippen LogP contribution in [-0.4, -0.2) is 14.7 Å². The van der Waals surface area contributed by atoms with E-state index in [0.717, 1.165) is 21.7 Å². The van der Waals surface area contributed by atoms with Gasteiger partial charge in [0.1, 0.15) is 5.82 Å². The Labute approximate surface area is 103 Å². The molecule has 1 N–H and O–H groups in total. The Morgan fingerprint density at radius 2 is 2.18 bits per heavy atom. The van der Waals surface area contributed by atoms with Crippen LogP contribution in [0.3, 0.4) is 0 Å². The highest BCUT2D eigenvalue weighted by atomic mass is 32.1. The second-order valence-corrected chi connectivity index (χ2v) is 4.80. The van der Waals surface area contributed by atoms with E-state index in [2.05, 4.69) is 9.59 Å². The number of hydrogen-bond donors (Lipinski definition) is 1. The van der Waals surface area contributed by atoms with Gasteiger partial charge in [-0.15, -0.1) is 5.10 Å². The molecule has 1 atom stereocenters. The van der Waals surface area contributed by atoms with Crippen LogP contribution in [0.2, 0.25) is 0 Å². The number of rotatable bonds is 3. The Hall–Kier alpha value is -1.33. The van der Waals surface area contributed by atoms with Crippen molar-refractivity contribution in [1.82, 2.24) is 9.59 Å². The average molecular weight is 252 g/mol. The van der Waals surface area contributed by atoms with Gasteiger partial charge in [0.15, 0.2) is 0 Å². The molecular weight excluding hydrogens is 239 g/mol. The second kappa shape index (κ2) is 4.89. The largest absolute Gasteiger partial charge is 0.387 e. The number of benzene rings is 1. The van der Waals surface area contributed by atoms with E-state index >= 15 is 0 Å². The Morgan fingerprint density at radius 1 is 1.41 bits per heavy atom. The SMILES string of the molecule is Cc1cc(F)ccc1CC(O)c1snnc1C. The first-order valence-electron chi connectivity index (χ1n) is 5.30. The summed E-state index contributed by atoms with van der Waals surface area (Å²) in [6.07, 6.45) is -0.171. The smallest absolute Gasteiger partial charge is 0.123 e. The summed E-state index contributed by atoms with van der Waals surface area (Å²) < 4.78 is 16.7. The van der Waals surface area contributed by atoms with E-state index in [1.54, 1.807) is 6.07 Å². The van der Waals surface area contributed by atoms with Gasteiger partial charge in [0.2, 0.25) is 0 Å². The van der Waals surface area contributed by atoms with Crippen molar-refractivity contribution in [2.75, 3.05) is 0 Å². The minimum atomic E-state index is -0.626. The van der Waals surface area contributed by atoms with E-state index in [0.29, 0.717) is 6.42 Å². The van der Waals surface area contributed by atoms with Gasteiger partial charge in [0.25, 0.3) is 0 Å². The average Bonchev–Trinajstić information content (AvgIpc) is 2.68. The molecule has 0 saturated carbocycles. The molecule has 0 radical (unpaired) electrons. The molecule has 3 nitrogen and oxygen atoms in total. The minimum Gasteiger partial charge on any atom is -0.387 e. The van der Waals surface area contributed by atoms with Gasteiger partial charge in [-0.2, -0.15) is 0 Å². The third-order valence-corrected chi connectivity index (χ3v) is 3.63. The molecule has 1 aromatic carbocycles. The van der Waals surface area contributed by atoms with Gasteiger partial charge in [0, 0.05) is 6.42 Å². The van der Waals surface area contributed by atoms with Gasteiger partial charge in [0.05, 0.1) is 16.7 Å². The summed E-state index contributed by atoms with van der Waals surface area (Å²) in [4.78, 5) is 0.772. The first-order valence-corrected chi connectivity index (χ1v) is 6.07. The van der Waals surface area contributed by atoms with Crippen LogP contribution < -0.4 is 0 Å². The van der Waals surface area contributed by atoms with Gasteiger partial charge in [-0.1, -0.05) is 10.6 Å². The monoisotopic (exact) mass is 252 g/mol. The molecule has 0 saturated heterocycles. The second-order valence-electron chi connectivity index (χ2n) is 4.01. The van der Waals surface area contributed by atoms with Crippen LogP contribution >= 0.6 is 11.5 Å². The van der Waals surface area contributed by atoms with E-state index in [4.69, 9.17) is 0 Å². The standard InChI is InChI=1S/C12H13FN2OS/c1-7-5-10(13)4-3-9(7)6-11(16)12-8(2)14-15-17-12/h3-5,11,16H,6H2,1-2H3. The van der Waals surface area contributed by atoms with E-state index in [1.165, 1.54) is 23.7 Å². The normalized spacial score (nSPS) is 12.7. The molecule has 0 aliphatic carbocycles. The quantitative estimate of drug-likeness (QED) is 0.913. The Bertz CT molecular complexity index is 527. The molecule has 0 spiro atoms. The molecule has 1 heterocycles. The van der Waals surface area contributed by atoms with Gasteiger partial charge in [-0.05, 0) is 48.6 Å². The number of halogens is 1. The topological polar surface area (TPSA) is 46.0 Å². The predicted octanol–water partition coefficient (Wildman–Crippen LogP) is 2.57. The van der Waals surface area contributed by atoms with Gasteiger partial charge in [-0.3, -0.25) is 0 Å². The number of hydrogen-bond acceptors (Lipinski definition) is 4. The maximum absolute atomic E-state index is 12.9. The lowest BCUT2D eigenvalue weighted by Gasteiger charge is -2.11. The number of aryl methyl sites for hydroxylation is 2. The van der Waals surface area contributed by atoms with Crippen LogP contribution in [0.5, 0.6) is 0 Å². The molecule has 1 unspecified atom stereocenters. The molecule has 90 valence electrons. The summed E-state index contributed by atoms with van der Waals surface area (Å²) in [5.41, 5.74) is 2.54. The molecule has 0 fully saturated rings. The van der Waals surface area contributed by atoms with E-state index in [-0.39, 0.29) is 5.82 Å². The Kier molecular flexibility index (Phi) is 3.49. The Morgan fingerprint density at radius 3 is 2.76 bits per heavy atom. The summed E-state index contributed by atoms with van der Waals surface area (Å²) >= 11 is 1.20. The van der Waals surface area contributed by atoms with Gasteiger partial charge in [-0.25, -0.2) is 4.39 Å². The van der Waals surface area contributed by atoms with Crippen molar-refractivity contribution in [2.45, 2.75) is 26.4 Å². The highest BCUT2D eigenvalue weighted by molar-refractivity contribution is 7.05. The van der Waals surface area contributed by atoms with Crippen molar-refractivity contribution in [3.8, 4) is 0 Å². The summed E-state index contributed by atoms with van der Waals surface area (Å²) in [5, 5.41) is 13.9. The zero-order chi connectivity index (χ0) is 12.4. The van der Waals surface area contributed by atoms with E-state index in [9.17, 15) is 9.50 Å². The molecule has 2 aromatic rings. The number of aliphatic hydroxyl groups excluding tert-OH is 1. The fourth-order valence-electron chi connectivity index (χ4n) is 1.73. The molecule has 0 amide bonds. The van der Waals surface area contributed by atoms with Crippen LogP contribution in [0, 0.1) is 19.7 Å². The van der Waals surface area contributed by atoms with Crippen molar-refractivity contribution in [2.24, 2.45) is 0 Å². The van der Waals surface area contributed by atoms with Crippen LogP contribution in [0.4, 0.5) is 4.39 Å². The third kappa shape index (κ3) is 2.68. The number of aromatic nitrogens is 2. The lowest BCUT2D eigenvalue weighted by atomic mass is 10.0. The summed E-state index contributed by atoms with van der Waals surface area (Å²) in [6, 6.07) is 4.59. The van der Waals surface area contributed by atoms with Crippen LogP contribution in [0.1, 0.15) is 27.8 Å². The van der Waals surface area contributed by atoms with Crippen LogP contribution in [-0.2, 0) is 6.42 Å². The summed E-state index contributed by atoms with van der Waals surface area (Å²) in [6.45, 7) is 3.66. The summed E-state index contributed by atoms with van der Waals surface area (Å²) in [7, 11) is 0. The first-order chi connectivity index (χ1) is 8.08. The lowest BCUT2D eigenvalue weighted by molar-refractivity contribution is 0.181. The predicted molar refractivity (Wildman–Crippen MR) is 64.4 cm³/mol. The van der Waals surface area contributed by atoms with Gasteiger partial charge < -0.3 is 5.11 Å². The fourth-order valence-corrected chi connectivity index (χ4v) is 2.36. The minimum absolute atomic E-state index is 0.253. The molecule has 17 heavy (non-hydrogen) atoms. The zero-order valence-corrected chi connectivity index (χ0v) is 10.5. The Balaban J connectivity index is 2.19. The molecule has 0 aliphatic rings. The van der Waals surface area contributed by atoms with Crippen molar-refractivity contribution < 1.29 is 9.50 Å². The van der Waals surface area contributed by atoms with Crippen LogP contribution in [0.25, 0.3) is 0 Å². The highest BCUT2D eigenvalue weighted by Gasteiger charge is 2.15. The number of aliphatic hydroxyl groups is 1. The molecule has 0 aliphatic heterocycles. The third-order valence-electron chi connectivity index (χ3n) is 2.71. The van der Waals surface area contributed by atoms with E-state index in [1.807, 2.05) is 13.8 Å². The van der Waals surface area contributed by atoms with Crippen molar-refractivity contribution in [3.05, 3.63) is 45.7 Å². The van der Waals surface area contributed by atoms with Crippen LogP contribution in [0.15, 0.2) is 18.2 Å². The zero-order valence-electron chi connectivity index (χ0n) is 9.64. The fraction of sp³-hybridized carbons (Fsp3) is 0.333. The summed E-state index contributed by atoms with van der Waals surface area (Å²) in [5.74, 6) is -0.253. The van der Waals surface area contributed by atoms with Crippen molar-refractivity contribution in [3.63, 3.8) is 0 Å². The van der Waals surface area contributed by atoms with Crippen molar-refractivity contribution >= 4 is 11.5 Å². The highest BCUT2D eigenvalue weighted by Crippen LogP contribution is 2.24.